The maximum Gasteiger partial charge on any atom is 0.331 e. The summed E-state index contributed by atoms with van der Waals surface area (Å²) in [4.78, 5) is 14.7. The molecule has 1 aromatic heterocycles. The van der Waals surface area contributed by atoms with Crippen LogP contribution in [0.15, 0.2) is 36.2 Å². The first-order chi connectivity index (χ1) is 7.74. The van der Waals surface area contributed by atoms with Gasteiger partial charge in [0, 0.05) is 31.1 Å². The molecule has 0 amide bonds. The molecule has 0 saturated carbocycles. The number of nitrogens with one attached hydrogen (secondary N) is 1. The van der Waals surface area contributed by atoms with E-state index >= 15 is 0 Å². The molecule has 0 aromatic carbocycles. The monoisotopic (exact) mass is 220 g/mol. The Kier molecular flexibility index (Phi) is 5.22. The minimum Gasteiger partial charge on any atom is -0.478 e. The fraction of sp³-hybridized carbons (Fsp3) is 0.333. The number of hydrogen-bond donors (Lipinski definition) is 2. The predicted octanol–water partition coefficient (Wildman–Crippen LogP) is 1.59. The molecule has 2 N–H and O–H groups in total. The van der Waals surface area contributed by atoms with Gasteiger partial charge in [0.15, 0.2) is 0 Å². The maximum atomic E-state index is 10.7. The second kappa shape index (κ2) is 6.74. The standard InChI is InChI=1S/C12H16N2O2/c1-2-11(12(15)16)5-7-14-9-10-4-3-6-13-8-10/h3-6,8,14H,2,7,9H2,1H3,(H,15,16)/b11-5-. The van der Waals surface area contributed by atoms with Crippen LogP contribution >= 0.6 is 0 Å². The van der Waals surface area contributed by atoms with Crippen molar-refractivity contribution in [3.05, 3.63) is 41.7 Å². The van der Waals surface area contributed by atoms with E-state index in [9.17, 15) is 4.79 Å². The summed E-state index contributed by atoms with van der Waals surface area (Å²) < 4.78 is 0. The third kappa shape index (κ3) is 4.23. The number of carboxylic acids is 1. The fourth-order valence-corrected chi connectivity index (χ4v) is 1.30. The Morgan fingerprint density at radius 3 is 3.00 bits per heavy atom. The van der Waals surface area contributed by atoms with Gasteiger partial charge >= 0.3 is 5.97 Å². The van der Waals surface area contributed by atoms with E-state index in [-0.39, 0.29) is 0 Å². The summed E-state index contributed by atoms with van der Waals surface area (Å²) in [6.45, 7) is 3.09. The molecule has 0 spiro atoms. The minimum absolute atomic E-state index is 0.443. The third-order valence-electron chi connectivity index (χ3n) is 2.20. The number of rotatable bonds is 6. The van der Waals surface area contributed by atoms with Gasteiger partial charge in [-0.2, -0.15) is 0 Å². The molecule has 0 aliphatic rings. The predicted molar refractivity (Wildman–Crippen MR) is 62.0 cm³/mol. The normalized spacial score (nSPS) is 11.4. The molecule has 86 valence electrons. The largest absolute Gasteiger partial charge is 0.478 e. The zero-order valence-corrected chi connectivity index (χ0v) is 9.31. The highest BCUT2D eigenvalue weighted by Crippen LogP contribution is 1.99. The minimum atomic E-state index is -0.842. The van der Waals surface area contributed by atoms with Crippen molar-refractivity contribution in [3.8, 4) is 0 Å². The van der Waals surface area contributed by atoms with Gasteiger partial charge in [0.25, 0.3) is 0 Å². The van der Waals surface area contributed by atoms with E-state index in [0.29, 0.717) is 25.1 Å². The topological polar surface area (TPSA) is 62.2 Å². The van der Waals surface area contributed by atoms with Crippen molar-refractivity contribution in [3.63, 3.8) is 0 Å². The van der Waals surface area contributed by atoms with Gasteiger partial charge in [-0.25, -0.2) is 4.79 Å². The first kappa shape index (κ1) is 12.4. The quantitative estimate of drug-likeness (QED) is 0.564. The van der Waals surface area contributed by atoms with Gasteiger partial charge < -0.3 is 10.4 Å². The van der Waals surface area contributed by atoms with E-state index in [1.165, 1.54) is 0 Å². The Labute approximate surface area is 95.0 Å². The lowest BCUT2D eigenvalue weighted by molar-refractivity contribution is -0.132. The van der Waals surface area contributed by atoms with Crippen LogP contribution in [-0.2, 0) is 11.3 Å². The summed E-state index contributed by atoms with van der Waals surface area (Å²) in [7, 11) is 0. The van der Waals surface area contributed by atoms with Gasteiger partial charge in [-0.15, -0.1) is 0 Å². The Morgan fingerprint density at radius 1 is 1.62 bits per heavy atom. The Morgan fingerprint density at radius 2 is 2.44 bits per heavy atom. The van der Waals surface area contributed by atoms with E-state index in [1.807, 2.05) is 19.1 Å². The first-order valence-corrected chi connectivity index (χ1v) is 5.26. The average Bonchev–Trinajstić information content (AvgIpc) is 2.30. The van der Waals surface area contributed by atoms with Gasteiger partial charge in [0.05, 0.1) is 0 Å². The number of nitrogens with zero attached hydrogens (tertiary/aromatic N) is 1. The van der Waals surface area contributed by atoms with Crippen molar-refractivity contribution in [2.45, 2.75) is 19.9 Å². The molecule has 0 aliphatic heterocycles. The molecular weight excluding hydrogens is 204 g/mol. The van der Waals surface area contributed by atoms with Crippen LogP contribution in [0.2, 0.25) is 0 Å². The second-order valence-electron chi connectivity index (χ2n) is 3.38. The van der Waals surface area contributed by atoms with E-state index in [1.54, 1.807) is 18.5 Å². The van der Waals surface area contributed by atoms with Gasteiger partial charge in [-0.05, 0) is 18.1 Å². The van der Waals surface area contributed by atoms with Gasteiger partial charge in [-0.1, -0.05) is 19.1 Å². The molecule has 0 bridgehead atoms. The van der Waals surface area contributed by atoms with Crippen LogP contribution < -0.4 is 5.32 Å². The highest BCUT2D eigenvalue weighted by Gasteiger charge is 2.02. The van der Waals surface area contributed by atoms with Crippen LogP contribution in [0.3, 0.4) is 0 Å². The maximum absolute atomic E-state index is 10.7. The van der Waals surface area contributed by atoms with Gasteiger partial charge in [-0.3, -0.25) is 4.98 Å². The molecule has 0 atom stereocenters. The van der Waals surface area contributed by atoms with Gasteiger partial charge in [0.2, 0.25) is 0 Å². The highest BCUT2D eigenvalue weighted by atomic mass is 16.4. The average molecular weight is 220 g/mol. The van der Waals surface area contributed by atoms with E-state index < -0.39 is 5.97 Å². The third-order valence-corrected chi connectivity index (χ3v) is 2.20. The molecule has 1 heterocycles. The molecule has 0 radical (unpaired) electrons. The highest BCUT2D eigenvalue weighted by molar-refractivity contribution is 5.86. The summed E-state index contributed by atoms with van der Waals surface area (Å²) in [5, 5.41) is 11.9. The molecule has 0 saturated heterocycles. The summed E-state index contributed by atoms with van der Waals surface area (Å²) in [6.07, 6.45) is 5.76. The van der Waals surface area contributed by atoms with Gasteiger partial charge in [0.1, 0.15) is 0 Å². The second-order valence-corrected chi connectivity index (χ2v) is 3.38. The summed E-state index contributed by atoms with van der Waals surface area (Å²) >= 11 is 0. The van der Waals surface area contributed by atoms with Crippen LogP contribution in [-0.4, -0.2) is 22.6 Å². The number of carboxylic acid groups (broad SMARTS) is 1. The number of aromatic nitrogens is 1. The van der Waals surface area contributed by atoms with Crippen molar-refractivity contribution >= 4 is 5.97 Å². The lowest BCUT2D eigenvalue weighted by Crippen LogP contribution is -2.14. The lowest BCUT2D eigenvalue weighted by atomic mass is 10.2. The van der Waals surface area contributed by atoms with Crippen LogP contribution in [0.4, 0.5) is 0 Å². The zero-order valence-electron chi connectivity index (χ0n) is 9.31. The van der Waals surface area contributed by atoms with E-state index in [4.69, 9.17) is 5.11 Å². The van der Waals surface area contributed by atoms with E-state index in [0.717, 1.165) is 5.56 Å². The van der Waals surface area contributed by atoms with Crippen molar-refractivity contribution < 1.29 is 9.90 Å². The van der Waals surface area contributed by atoms with Crippen molar-refractivity contribution in [2.75, 3.05) is 6.54 Å². The zero-order chi connectivity index (χ0) is 11.8. The number of hydrogen-bond acceptors (Lipinski definition) is 3. The lowest BCUT2D eigenvalue weighted by Gasteiger charge is -2.02. The Balaban J connectivity index is 2.34. The molecule has 0 aliphatic carbocycles. The molecule has 0 fully saturated rings. The molecule has 1 rings (SSSR count). The molecule has 16 heavy (non-hydrogen) atoms. The Hall–Kier alpha value is -1.68. The molecular formula is C12H16N2O2. The summed E-state index contributed by atoms with van der Waals surface area (Å²) in [5.41, 5.74) is 1.53. The van der Waals surface area contributed by atoms with Crippen molar-refractivity contribution in [1.29, 1.82) is 0 Å². The van der Waals surface area contributed by atoms with E-state index in [2.05, 4.69) is 10.3 Å². The molecule has 4 nitrogen and oxygen atoms in total. The smallest absolute Gasteiger partial charge is 0.331 e. The molecule has 4 heteroatoms. The molecule has 1 aromatic rings. The van der Waals surface area contributed by atoms with Crippen LogP contribution in [0.25, 0.3) is 0 Å². The fourth-order valence-electron chi connectivity index (χ4n) is 1.30. The van der Waals surface area contributed by atoms with Crippen LogP contribution in [0.1, 0.15) is 18.9 Å². The summed E-state index contributed by atoms with van der Waals surface area (Å²) in [5.74, 6) is -0.842. The first-order valence-electron chi connectivity index (χ1n) is 5.26. The van der Waals surface area contributed by atoms with Crippen molar-refractivity contribution in [1.82, 2.24) is 10.3 Å². The number of aliphatic carboxylic acids is 1. The number of carbonyl (C=O) groups is 1. The van der Waals surface area contributed by atoms with Crippen LogP contribution in [0, 0.1) is 0 Å². The SMILES string of the molecule is CC/C(=C/CNCc1cccnc1)C(=O)O. The van der Waals surface area contributed by atoms with Crippen LogP contribution in [0.5, 0.6) is 0 Å². The van der Waals surface area contributed by atoms with Crippen molar-refractivity contribution in [2.24, 2.45) is 0 Å². The summed E-state index contributed by atoms with van der Waals surface area (Å²) in [6, 6.07) is 3.85. The molecule has 0 unspecified atom stereocenters. The number of pyridine rings is 1. The Bertz CT molecular complexity index is 361.